The minimum absolute atomic E-state index is 0.280. The van der Waals surface area contributed by atoms with E-state index in [1.54, 1.807) is 37.4 Å². The molecule has 3 rings (SSSR count). The number of aromatic nitrogens is 1. The summed E-state index contributed by atoms with van der Waals surface area (Å²) >= 11 is 0. The molecule has 0 bridgehead atoms. The normalized spacial score (nSPS) is 10.5. The highest BCUT2D eigenvalue weighted by atomic mass is 16.5. The maximum Gasteiger partial charge on any atom is 0.335 e. The van der Waals surface area contributed by atoms with Gasteiger partial charge in [0.05, 0.1) is 11.1 Å². The number of hydrogen-bond donors (Lipinski definition) is 1. The van der Waals surface area contributed by atoms with Gasteiger partial charge in [0.15, 0.2) is 0 Å². The van der Waals surface area contributed by atoms with Crippen molar-refractivity contribution < 1.29 is 14.6 Å². The van der Waals surface area contributed by atoms with Crippen LogP contribution in [0.3, 0.4) is 0 Å². The summed E-state index contributed by atoms with van der Waals surface area (Å²) in [6, 6.07) is 14.4. The largest absolute Gasteiger partial charge is 0.478 e. The average molecular weight is 279 g/mol. The molecule has 0 unspecified atom stereocenters. The fourth-order valence-electron chi connectivity index (χ4n) is 2.23. The molecule has 1 N–H and O–H groups in total. The monoisotopic (exact) mass is 279 g/mol. The van der Waals surface area contributed by atoms with E-state index in [0.717, 1.165) is 10.9 Å². The lowest BCUT2D eigenvalue weighted by Crippen LogP contribution is -1.99. The van der Waals surface area contributed by atoms with Crippen molar-refractivity contribution in [3.63, 3.8) is 0 Å². The number of para-hydroxylation sites is 1. The van der Waals surface area contributed by atoms with Crippen LogP contribution in [0.2, 0.25) is 0 Å². The van der Waals surface area contributed by atoms with E-state index in [2.05, 4.69) is 4.98 Å². The molecule has 21 heavy (non-hydrogen) atoms. The number of fused-ring (bicyclic) bond motifs is 1. The Morgan fingerprint density at radius 3 is 2.71 bits per heavy atom. The summed E-state index contributed by atoms with van der Waals surface area (Å²) in [7, 11) is 0. The van der Waals surface area contributed by atoms with E-state index in [0.29, 0.717) is 17.1 Å². The van der Waals surface area contributed by atoms with Crippen LogP contribution in [-0.2, 0) is 0 Å². The van der Waals surface area contributed by atoms with Gasteiger partial charge >= 0.3 is 5.97 Å². The molecule has 0 spiro atoms. The van der Waals surface area contributed by atoms with Gasteiger partial charge in [-0.3, -0.25) is 4.98 Å². The topological polar surface area (TPSA) is 59.4 Å². The van der Waals surface area contributed by atoms with E-state index in [4.69, 9.17) is 9.84 Å². The van der Waals surface area contributed by atoms with Gasteiger partial charge in [-0.25, -0.2) is 4.79 Å². The molecule has 0 radical (unpaired) electrons. The number of carboxylic acids is 1. The predicted molar refractivity (Wildman–Crippen MR) is 80.0 cm³/mol. The average Bonchev–Trinajstić information content (AvgIpc) is 2.47. The van der Waals surface area contributed by atoms with Crippen molar-refractivity contribution in [1.29, 1.82) is 0 Å². The van der Waals surface area contributed by atoms with Crippen LogP contribution in [0.25, 0.3) is 10.9 Å². The van der Waals surface area contributed by atoms with Crippen molar-refractivity contribution in [1.82, 2.24) is 4.98 Å². The van der Waals surface area contributed by atoms with Gasteiger partial charge < -0.3 is 9.84 Å². The molecule has 0 saturated carbocycles. The van der Waals surface area contributed by atoms with Crippen LogP contribution in [0.4, 0.5) is 0 Å². The second-order valence-corrected chi connectivity index (χ2v) is 4.71. The minimum atomic E-state index is -0.937. The molecule has 0 saturated heterocycles. The van der Waals surface area contributed by atoms with E-state index >= 15 is 0 Å². The minimum Gasteiger partial charge on any atom is -0.478 e. The molecule has 3 aromatic rings. The first-order chi connectivity index (χ1) is 10.1. The molecule has 1 heterocycles. The van der Waals surface area contributed by atoms with Crippen molar-refractivity contribution in [2.75, 3.05) is 0 Å². The van der Waals surface area contributed by atoms with Gasteiger partial charge in [-0.05, 0) is 48.9 Å². The molecule has 1 aromatic heterocycles. The Morgan fingerprint density at radius 2 is 1.95 bits per heavy atom. The number of hydrogen-bond acceptors (Lipinski definition) is 3. The Labute approximate surface area is 121 Å². The maximum atomic E-state index is 11.0. The van der Waals surface area contributed by atoms with Crippen LogP contribution in [0.1, 0.15) is 15.9 Å². The summed E-state index contributed by atoms with van der Waals surface area (Å²) < 4.78 is 5.87. The van der Waals surface area contributed by atoms with Gasteiger partial charge in [0.2, 0.25) is 0 Å². The second kappa shape index (κ2) is 5.25. The van der Waals surface area contributed by atoms with E-state index in [1.165, 1.54) is 0 Å². The first-order valence-electron chi connectivity index (χ1n) is 6.51. The molecule has 0 atom stereocenters. The number of carboxylic acid groups (broad SMARTS) is 1. The number of aromatic carboxylic acids is 1. The Morgan fingerprint density at radius 1 is 1.14 bits per heavy atom. The zero-order chi connectivity index (χ0) is 14.8. The summed E-state index contributed by atoms with van der Waals surface area (Å²) in [6.45, 7) is 1.75. The van der Waals surface area contributed by atoms with Crippen molar-refractivity contribution in [3.8, 4) is 11.5 Å². The maximum absolute atomic E-state index is 11.0. The van der Waals surface area contributed by atoms with Crippen LogP contribution in [0.5, 0.6) is 11.5 Å². The molecule has 0 aliphatic heterocycles. The van der Waals surface area contributed by atoms with Gasteiger partial charge in [-0.1, -0.05) is 12.1 Å². The Hall–Kier alpha value is -2.88. The lowest BCUT2D eigenvalue weighted by Gasteiger charge is -2.10. The van der Waals surface area contributed by atoms with E-state index in [-0.39, 0.29) is 5.56 Å². The van der Waals surface area contributed by atoms with Crippen LogP contribution in [-0.4, -0.2) is 16.1 Å². The SMILES string of the molecule is Cc1cc(Oc2ccnc3ccccc23)ccc1C(=O)O. The number of ether oxygens (including phenoxy) is 1. The summed E-state index contributed by atoms with van der Waals surface area (Å²) in [5, 5.41) is 9.96. The smallest absolute Gasteiger partial charge is 0.335 e. The number of pyridine rings is 1. The Balaban J connectivity index is 1.99. The number of carbonyl (C=O) groups is 1. The van der Waals surface area contributed by atoms with Gasteiger partial charge in [-0.2, -0.15) is 0 Å². The fraction of sp³-hybridized carbons (Fsp3) is 0.0588. The van der Waals surface area contributed by atoms with Gasteiger partial charge in [0.25, 0.3) is 0 Å². The molecule has 2 aromatic carbocycles. The Bertz CT molecular complexity index is 822. The Kier molecular flexibility index (Phi) is 3.28. The molecule has 4 heteroatoms. The first kappa shape index (κ1) is 13.1. The third-order valence-corrected chi connectivity index (χ3v) is 3.27. The first-order valence-corrected chi connectivity index (χ1v) is 6.51. The standard InChI is InChI=1S/C17H13NO3/c1-11-10-12(6-7-13(11)17(19)20)21-16-8-9-18-15-5-3-2-4-14(15)16/h2-10H,1H3,(H,19,20). The highest BCUT2D eigenvalue weighted by Crippen LogP contribution is 2.29. The lowest BCUT2D eigenvalue weighted by molar-refractivity contribution is 0.0696. The van der Waals surface area contributed by atoms with E-state index in [9.17, 15) is 4.79 Å². The van der Waals surface area contributed by atoms with Crippen LogP contribution < -0.4 is 4.74 Å². The summed E-state index contributed by atoms with van der Waals surface area (Å²) in [4.78, 5) is 15.3. The predicted octanol–water partition coefficient (Wildman–Crippen LogP) is 4.03. The summed E-state index contributed by atoms with van der Waals surface area (Å²) in [5.74, 6) is 0.366. The molecule has 4 nitrogen and oxygen atoms in total. The zero-order valence-corrected chi connectivity index (χ0v) is 11.4. The van der Waals surface area contributed by atoms with Gasteiger partial charge in [-0.15, -0.1) is 0 Å². The molecular formula is C17H13NO3. The highest BCUT2D eigenvalue weighted by Gasteiger charge is 2.09. The van der Waals surface area contributed by atoms with Crippen molar-refractivity contribution in [3.05, 3.63) is 65.9 Å². The van der Waals surface area contributed by atoms with Crippen LogP contribution in [0.15, 0.2) is 54.7 Å². The van der Waals surface area contributed by atoms with Crippen LogP contribution in [0, 0.1) is 6.92 Å². The van der Waals surface area contributed by atoms with Crippen LogP contribution >= 0.6 is 0 Å². The molecule has 0 amide bonds. The molecule has 104 valence electrons. The van der Waals surface area contributed by atoms with Crippen molar-refractivity contribution in [2.24, 2.45) is 0 Å². The third-order valence-electron chi connectivity index (χ3n) is 3.27. The number of rotatable bonds is 3. The number of aryl methyl sites for hydroxylation is 1. The quantitative estimate of drug-likeness (QED) is 0.786. The summed E-state index contributed by atoms with van der Waals surface area (Å²) in [5.41, 5.74) is 1.80. The fourth-order valence-corrected chi connectivity index (χ4v) is 2.23. The van der Waals surface area contributed by atoms with E-state index in [1.807, 2.05) is 24.3 Å². The van der Waals surface area contributed by atoms with Crippen molar-refractivity contribution >= 4 is 16.9 Å². The van der Waals surface area contributed by atoms with Gasteiger partial charge in [0, 0.05) is 11.6 Å². The third kappa shape index (κ3) is 2.56. The van der Waals surface area contributed by atoms with E-state index < -0.39 is 5.97 Å². The van der Waals surface area contributed by atoms with Gasteiger partial charge in [0.1, 0.15) is 11.5 Å². The molecule has 0 aliphatic carbocycles. The molecule has 0 fully saturated rings. The number of benzene rings is 2. The van der Waals surface area contributed by atoms with Crippen molar-refractivity contribution in [2.45, 2.75) is 6.92 Å². The number of nitrogens with zero attached hydrogens (tertiary/aromatic N) is 1. The second-order valence-electron chi connectivity index (χ2n) is 4.71. The summed E-state index contributed by atoms with van der Waals surface area (Å²) in [6.07, 6.45) is 1.69. The molecule has 0 aliphatic rings. The lowest BCUT2D eigenvalue weighted by atomic mass is 10.1. The zero-order valence-electron chi connectivity index (χ0n) is 11.4. The molecular weight excluding hydrogens is 266 g/mol. The highest BCUT2D eigenvalue weighted by molar-refractivity contribution is 5.89.